The number of nitro benzene ring substituents is 1. The quantitative estimate of drug-likeness (QED) is 0.629. The number of amides is 1. The van der Waals surface area contributed by atoms with Crippen LogP contribution in [0.4, 0.5) is 5.69 Å². The molecule has 1 aliphatic rings. The van der Waals surface area contributed by atoms with Crippen molar-refractivity contribution in [1.29, 1.82) is 0 Å². The molecule has 0 radical (unpaired) electrons. The van der Waals surface area contributed by atoms with Crippen molar-refractivity contribution in [2.45, 2.75) is 44.6 Å². The van der Waals surface area contributed by atoms with Gasteiger partial charge >= 0.3 is 0 Å². The zero-order valence-corrected chi connectivity index (χ0v) is 15.4. The summed E-state index contributed by atoms with van der Waals surface area (Å²) in [7, 11) is -3.82. The van der Waals surface area contributed by atoms with Crippen molar-refractivity contribution in [3.63, 3.8) is 0 Å². The second kappa shape index (κ2) is 7.49. The van der Waals surface area contributed by atoms with Crippen molar-refractivity contribution >= 4 is 21.6 Å². The van der Waals surface area contributed by atoms with E-state index in [2.05, 4.69) is 5.32 Å². The van der Waals surface area contributed by atoms with E-state index in [1.807, 2.05) is 13.8 Å². The highest BCUT2D eigenvalue weighted by atomic mass is 32.2. The van der Waals surface area contributed by atoms with E-state index in [1.54, 1.807) is 6.92 Å². The molecule has 0 aromatic heterocycles. The standard InChI is InChI=1S/C16H23N3O5S/c1-11(2)17-16(20)13-6-8-18(9-7-13)25(23,24)15-10-14(19(21)22)5-4-12(15)3/h4-5,10-11,13H,6-9H2,1-3H3,(H,17,20). The minimum absolute atomic E-state index is 0.0433. The van der Waals surface area contributed by atoms with Gasteiger partial charge in [0, 0.05) is 37.2 Å². The van der Waals surface area contributed by atoms with Crippen molar-refractivity contribution in [1.82, 2.24) is 9.62 Å². The Morgan fingerprint density at radius 3 is 2.44 bits per heavy atom. The third-order valence-corrected chi connectivity index (χ3v) is 6.30. The number of rotatable bonds is 5. The Balaban J connectivity index is 2.16. The molecule has 0 spiro atoms. The van der Waals surface area contributed by atoms with E-state index in [0.717, 1.165) is 6.07 Å². The highest BCUT2D eigenvalue weighted by Crippen LogP contribution is 2.28. The average molecular weight is 369 g/mol. The van der Waals surface area contributed by atoms with Crippen molar-refractivity contribution in [2.75, 3.05) is 13.1 Å². The molecule has 2 rings (SSSR count). The van der Waals surface area contributed by atoms with Gasteiger partial charge in [-0.05, 0) is 39.2 Å². The number of aryl methyl sites for hydroxylation is 1. The van der Waals surface area contributed by atoms with Crippen molar-refractivity contribution in [2.24, 2.45) is 5.92 Å². The SMILES string of the molecule is Cc1ccc([N+](=O)[O-])cc1S(=O)(=O)N1CCC(C(=O)NC(C)C)CC1. The molecule has 138 valence electrons. The summed E-state index contributed by atoms with van der Waals surface area (Å²) in [6.07, 6.45) is 0.873. The maximum atomic E-state index is 12.8. The lowest BCUT2D eigenvalue weighted by molar-refractivity contribution is -0.385. The lowest BCUT2D eigenvalue weighted by atomic mass is 9.97. The zero-order valence-electron chi connectivity index (χ0n) is 14.6. The molecule has 25 heavy (non-hydrogen) atoms. The van der Waals surface area contributed by atoms with Gasteiger partial charge in [-0.3, -0.25) is 14.9 Å². The van der Waals surface area contributed by atoms with Crippen LogP contribution >= 0.6 is 0 Å². The summed E-state index contributed by atoms with van der Waals surface area (Å²) in [6, 6.07) is 3.87. The normalized spacial score (nSPS) is 16.8. The number of hydrogen-bond donors (Lipinski definition) is 1. The molecule has 0 bridgehead atoms. The first-order valence-corrected chi connectivity index (χ1v) is 9.62. The van der Waals surface area contributed by atoms with E-state index < -0.39 is 14.9 Å². The predicted molar refractivity (Wildman–Crippen MR) is 92.6 cm³/mol. The zero-order chi connectivity index (χ0) is 18.8. The molecule has 1 fully saturated rings. The van der Waals surface area contributed by atoms with Gasteiger partial charge in [-0.2, -0.15) is 4.31 Å². The molecule has 0 saturated carbocycles. The van der Waals surface area contributed by atoms with Gasteiger partial charge in [0.2, 0.25) is 15.9 Å². The first kappa shape index (κ1) is 19.3. The van der Waals surface area contributed by atoms with Crippen LogP contribution in [0.3, 0.4) is 0 Å². The number of nitrogens with zero attached hydrogens (tertiary/aromatic N) is 2. The van der Waals surface area contributed by atoms with Gasteiger partial charge in [0.05, 0.1) is 9.82 Å². The summed E-state index contributed by atoms with van der Waals surface area (Å²) in [5.74, 6) is -0.265. The van der Waals surface area contributed by atoms with Crippen LogP contribution in [0, 0.1) is 23.0 Å². The van der Waals surface area contributed by atoms with Crippen LogP contribution in [0.2, 0.25) is 0 Å². The lowest BCUT2D eigenvalue weighted by Crippen LogP contribution is -2.44. The predicted octanol–water partition coefficient (Wildman–Crippen LogP) is 1.83. The Bertz CT molecular complexity index is 768. The van der Waals surface area contributed by atoms with Gasteiger partial charge in [-0.15, -0.1) is 0 Å². The first-order valence-electron chi connectivity index (χ1n) is 8.18. The summed E-state index contributed by atoms with van der Waals surface area (Å²) < 4.78 is 27.0. The average Bonchev–Trinajstić information content (AvgIpc) is 2.54. The van der Waals surface area contributed by atoms with E-state index in [1.165, 1.54) is 16.4 Å². The Kier molecular flexibility index (Phi) is 5.79. The number of non-ortho nitro benzene ring substituents is 1. The van der Waals surface area contributed by atoms with Crippen LogP contribution in [0.1, 0.15) is 32.3 Å². The molecule has 1 saturated heterocycles. The largest absolute Gasteiger partial charge is 0.354 e. The second-order valence-corrected chi connectivity index (χ2v) is 8.45. The number of carbonyl (C=O) groups excluding carboxylic acids is 1. The maximum Gasteiger partial charge on any atom is 0.270 e. The van der Waals surface area contributed by atoms with E-state index >= 15 is 0 Å². The molecule has 1 aromatic carbocycles. The highest BCUT2D eigenvalue weighted by Gasteiger charge is 2.33. The Morgan fingerprint density at radius 1 is 1.32 bits per heavy atom. The van der Waals surface area contributed by atoms with Gasteiger partial charge in [0.1, 0.15) is 0 Å². The van der Waals surface area contributed by atoms with Crippen LogP contribution < -0.4 is 5.32 Å². The van der Waals surface area contributed by atoms with Crippen molar-refractivity contribution in [3.8, 4) is 0 Å². The van der Waals surface area contributed by atoms with Crippen LogP contribution in [-0.2, 0) is 14.8 Å². The molecule has 9 heteroatoms. The molecule has 1 aliphatic heterocycles. The molecule has 1 heterocycles. The van der Waals surface area contributed by atoms with E-state index in [0.29, 0.717) is 18.4 Å². The molecule has 1 aromatic rings. The van der Waals surface area contributed by atoms with Crippen LogP contribution in [-0.4, -0.2) is 42.7 Å². The molecule has 0 aliphatic carbocycles. The third kappa shape index (κ3) is 4.35. The number of hydrogen-bond acceptors (Lipinski definition) is 5. The van der Waals surface area contributed by atoms with Gasteiger partial charge in [-0.25, -0.2) is 8.42 Å². The minimum atomic E-state index is -3.82. The topological polar surface area (TPSA) is 110 Å². The summed E-state index contributed by atoms with van der Waals surface area (Å²) in [6.45, 7) is 5.81. The van der Waals surface area contributed by atoms with E-state index in [9.17, 15) is 23.3 Å². The summed E-state index contributed by atoms with van der Waals surface area (Å²) >= 11 is 0. The van der Waals surface area contributed by atoms with Crippen molar-refractivity contribution in [3.05, 3.63) is 33.9 Å². The number of sulfonamides is 1. The molecular formula is C16H23N3O5S. The fraction of sp³-hybridized carbons (Fsp3) is 0.562. The Hall–Kier alpha value is -2.00. The van der Waals surface area contributed by atoms with Gasteiger partial charge < -0.3 is 5.32 Å². The first-order chi connectivity index (χ1) is 11.6. The van der Waals surface area contributed by atoms with Crippen LogP contribution in [0.25, 0.3) is 0 Å². The molecular weight excluding hydrogens is 346 g/mol. The molecule has 8 nitrogen and oxygen atoms in total. The summed E-state index contributed by atoms with van der Waals surface area (Å²) in [5, 5.41) is 13.8. The Labute approximate surface area is 147 Å². The minimum Gasteiger partial charge on any atom is -0.354 e. The van der Waals surface area contributed by atoms with Crippen molar-refractivity contribution < 1.29 is 18.1 Å². The van der Waals surface area contributed by atoms with Crippen LogP contribution in [0.15, 0.2) is 23.1 Å². The number of piperidine rings is 1. The maximum absolute atomic E-state index is 12.8. The number of carbonyl (C=O) groups is 1. The molecule has 1 amide bonds. The number of benzene rings is 1. The summed E-state index contributed by atoms with van der Waals surface area (Å²) in [5.41, 5.74) is 0.209. The van der Waals surface area contributed by atoms with Gasteiger partial charge in [0.25, 0.3) is 5.69 Å². The van der Waals surface area contributed by atoms with E-state index in [-0.39, 0.29) is 41.5 Å². The Morgan fingerprint density at radius 2 is 1.92 bits per heavy atom. The van der Waals surface area contributed by atoms with Gasteiger partial charge in [0.15, 0.2) is 0 Å². The third-order valence-electron chi connectivity index (χ3n) is 4.26. The smallest absolute Gasteiger partial charge is 0.270 e. The van der Waals surface area contributed by atoms with E-state index in [4.69, 9.17) is 0 Å². The molecule has 0 unspecified atom stereocenters. The van der Waals surface area contributed by atoms with Gasteiger partial charge in [-0.1, -0.05) is 6.07 Å². The number of nitro groups is 1. The van der Waals surface area contributed by atoms with Crippen LogP contribution in [0.5, 0.6) is 0 Å². The fourth-order valence-corrected chi connectivity index (χ4v) is 4.59. The molecule has 1 N–H and O–H groups in total. The lowest BCUT2D eigenvalue weighted by Gasteiger charge is -2.31. The molecule has 0 atom stereocenters. The highest BCUT2D eigenvalue weighted by molar-refractivity contribution is 7.89. The summed E-state index contributed by atoms with van der Waals surface area (Å²) in [4.78, 5) is 22.3. The monoisotopic (exact) mass is 369 g/mol. The number of nitrogens with one attached hydrogen (secondary N) is 1. The second-order valence-electron chi connectivity index (χ2n) is 6.55. The fourth-order valence-electron chi connectivity index (χ4n) is 2.88.